The normalized spacial score (nSPS) is 11.9. The summed E-state index contributed by atoms with van der Waals surface area (Å²) in [7, 11) is 1.20. The van der Waals surface area contributed by atoms with Crippen molar-refractivity contribution in [3.05, 3.63) is 0 Å². The van der Waals surface area contributed by atoms with E-state index in [0.717, 1.165) is 0 Å². The predicted octanol–water partition coefficient (Wildman–Crippen LogP) is 0.0811. The number of hydrogen-bond donors (Lipinski definition) is 2. The second-order valence-corrected chi connectivity index (χ2v) is 2.34. The number of hydrogen-bond acceptors (Lipinski definition) is 4. The van der Waals surface area contributed by atoms with Crippen LogP contribution in [0.15, 0.2) is 0 Å². The lowest BCUT2D eigenvalue weighted by atomic mass is 10.0. The molecule has 5 nitrogen and oxygen atoms in total. The van der Waals surface area contributed by atoms with Crippen molar-refractivity contribution >= 4 is 11.9 Å². The maximum absolute atomic E-state index is 10.9. The molecule has 0 rings (SSSR count). The lowest BCUT2D eigenvalue weighted by Gasteiger charge is -2.10. The minimum absolute atomic E-state index is 0.374. The molecule has 0 aromatic carbocycles. The maximum atomic E-state index is 10.9. The highest BCUT2D eigenvalue weighted by Gasteiger charge is 2.25. The summed E-state index contributed by atoms with van der Waals surface area (Å²) < 4.78 is 4.38. The molecule has 1 unspecified atom stereocenters. The van der Waals surface area contributed by atoms with Crippen LogP contribution in [0.25, 0.3) is 0 Å². The lowest BCUT2D eigenvalue weighted by molar-refractivity contribution is -0.153. The molecule has 0 fully saturated rings. The van der Waals surface area contributed by atoms with E-state index < -0.39 is 17.8 Å². The number of methoxy groups -OCH3 is 1. The number of esters is 1. The molecule has 2 N–H and O–H groups in total. The average Bonchev–Trinajstić information content (AvgIpc) is 2.11. The van der Waals surface area contributed by atoms with Crippen LogP contribution in [-0.4, -0.2) is 24.2 Å². The second kappa shape index (κ2) is 5.54. The lowest BCUT2D eigenvalue weighted by Crippen LogP contribution is -2.34. The van der Waals surface area contributed by atoms with Gasteiger partial charge in [-0.05, 0) is 6.42 Å². The van der Waals surface area contributed by atoms with Crippen molar-refractivity contribution in [1.82, 2.24) is 5.48 Å². The Labute approximate surface area is 70.7 Å². The summed E-state index contributed by atoms with van der Waals surface area (Å²) in [4.78, 5) is 21.7. The summed E-state index contributed by atoms with van der Waals surface area (Å²) in [5.41, 5.74) is 1.43. The van der Waals surface area contributed by atoms with Crippen molar-refractivity contribution in [2.24, 2.45) is 5.92 Å². The first-order valence-corrected chi connectivity index (χ1v) is 3.69. The van der Waals surface area contributed by atoms with E-state index in [2.05, 4.69) is 4.74 Å². The second-order valence-electron chi connectivity index (χ2n) is 2.34. The zero-order valence-electron chi connectivity index (χ0n) is 7.16. The molecule has 0 saturated heterocycles. The van der Waals surface area contributed by atoms with Crippen LogP contribution in [0.1, 0.15) is 19.8 Å². The van der Waals surface area contributed by atoms with E-state index in [9.17, 15) is 9.59 Å². The minimum Gasteiger partial charge on any atom is -0.468 e. The minimum atomic E-state index is -0.898. The van der Waals surface area contributed by atoms with E-state index in [1.807, 2.05) is 6.92 Å². The summed E-state index contributed by atoms with van der Waals surface area (Å²) in [6.07, 6.45) is 1.05. The van der Waals surface area contributed by atoms with E-state index in [1.165, 1.54) is 12.6 Å². The van der Waals surface area contributed by atoms with Gasteiger partial charge in [0.05, 0.1) is 7.11 Å². The Morgan fingerprint density at radius 3 is 2.50 bits per heavy atom. The van der Waals surface area contributed by atoms with Gasteiger partial charge in [-0.2, -0.15) is 0 Å². The van der Waals surface area contributed by atoms with Gasteiger partial charge < -0.3 is 4.74 Å². The fourth-order valence-corrected chi connectivity index (χ4v) is 0.865. The Kier molecular flexibility index (Phi) is 5.03. The van der Waals surface area contributed by atoms with Crippen LogP contribution in [-0.2, 0) is 14.3 Å². The monoisotopic (exact) mass is 175 g/mol. The molecule has 0 spiro atoms. The van der Waals surface area contributed by atoms with Crippen molar-refractivity contribution < 1.29 is 19.5 Å². The number of carbonyl (C=O) groups excluding carboxylic acids is 2. The number of nitrogens with one attached hydrogen (secondary N) is 1. The largest absolute Gasteiger partial charge is 0.468 e. The molecule has 70 valence electrons. The third-order valence-electron chi connectivity index (χ3n) is 1.49. The van der Waals surface area contributed by atoms with Gasteiger partial charge in [0.25, 0.3) is 5.91 Å². The van der Waals surface area contributed by atoms with Gasteiger partial charge in [0.1, 0.15) is 5.92 Å². The number of ether oxygens (including phenoxy) is 1. The number of amides is 1. The summed E-state index contributed by atoms with van der Waals surface area (Å²) >= 11 is 0. The van der Waals surface area contributed by atoms with Gasteiger partial charge >= 0.3 is 5.97 Å². The first kappa shape index (κ1) is 10.9. The molecule has 0 aromatic heterocycles. The van der Waals surface area contributed by atoms with Crippen molar-refractivity contribution in [1.29, 1.82) is 0 Å². The summed E-state index contributed by atoms with van der Waals surface area (Å²) in [5.74, 6) is -2.24. The molecule has 0 aliphatic rings. The van der Waals surface area contributed by atoms with Crippen molar-refractivity contribution in [3.63, 3.8) is 0 Å². The first-order chi connectivity index (χ1) is 5.67. The van der Waals surface area contributed by atoms with Crippen molar-refractivity contribution in [2.45, 2.75) is 19.8 Å². The van der Waals surface area contributed by atoms with Gasteiger partial charge in [-0.1, -0.05) is 13.3 Å². The topological polar surface area (TPSA) is 75.6 Å². The van der Waals surface area contributed by atoms with Gasteiger partial charge in [0, 0.05) is 0 Å². The Hall–Kier alpha value is -1.10. The van der Waals surface area contributed by atoms with Crippen LogP contribution < -0.4 is 5.48 Å². The fourth-order valence-electron chi connectivity index (χ4n) is 0.865. The van der Waals surface area contributed by atoms with Crippen molar-refractivity contribution in [3.8, 4) is 0 Å². The molecule has 5 heteroatoms. The van der Waals surface area contributed by atoms with E-state index in [-0.39, 0.29) is 0 Å². The maximum Gasteiger partial charge on any atom is 0.318 e. The number of carbonyl (C=O) groups is 2. The highest BCUT2D eigenvalue weighted by Crippen LogP contribution is 2.07. The van der Waals surface area contributed by atoms with Gasteiger partial charge in [0.2, 0.25) is 0 Å². The Morgan fingerprint density at radius 1 is 1.58 bits per heavy atom. The molecule has 1 amide bonds. The summed E-state index contributed by atoms with van der Waals surface area (Å²) in [6.45, 7) is 1.83. The van der Waals surface area contributed by atoms with E-state index in [1.54, 1.807) is 0 Å². The summed E-state index contributed by atoms with van der Waals surface area (Å²) in [6, 6.07) is 0. The summed E-state index contributed by atoms with van der Waals surface area (Å²) in [5, 5.41) is 8.27. The highest BCUT2D eigenvalue weighted by atomic mass is 16.5. The predicted molar refractivity (Wildman–Crippen MR) is 40.3 cm³/mol. The number of rotatable bonds is 4. The molecule has 0 radical (unpaired) electrons. The first-order valence-electron chi connectivity index (χ1n) is 3.69. The zero-order chi connectivity index (χ0) is 9.56. The zero-order valence-corrected chi connectivity index (χ0v) is 7.16. The average molecular weight is 175 g/mol. The SMILES string of the molecule is CCCC(C(=O)NO)C(=O)OC. The molecule has 0 aliphatic carbocycles. The molecule has 0 aromatic rings. The smallest absolute Gasteiger partial charge is 0.318 e. The van der Waals surface area contributed by atoms with Crippen LogP contribution in [0.3, 0.4) is 0 Å². The molecule has 0 bridgehead atoms. The number of hydroxylamine groups is 1. The fraction of sp³-hybridized carbons (Fsp3) is 0.714. The third kappa shape index (κ3) is 2.87. The third-order valence-corrected chi connectivity index (χ3v) is 1.49. The molecule has 1 atom stereocenters. The van der Waals surface area contributed by atoms with Crippen LogP contribution >= 0.6 is 0 Å². The van der Waals surface area contributed by atoms with Crippen LogP contribution in [0.2, 0.25) is 0 Å². The molecular formula is C7H13NO4. The quantitative estimate of drug-likeness (QED) is 0.274. The van der Waals surface area contributed by atoms with Gasteiger partial charge in [0.15, 0.2) is 0 Å². The van der Waals surface area contributed by atoms with Crippen LogP contribution in [0.4, 0.5) is 0 Å². The standard InChI is InChI=1S/C7H13NO4/c1-3-4-5(6(9)8-11)7(10)12-2/h5,11H,3-4H2,1-2H3,(H,8,9). The van der Waals surface area contributed by atoms with Gasteiger partial charge in [-0.25, -0.2) is 5.48 Å². The van der Waals surface area contributed by atoms with Gasteiger partial charge in [-0.3, -0.25) is 14.8 Å². The Bertz CT molecular complexity index is 153. The Morgan fingerprint density at radius 2 is 2.17 bits per heavy atom. The van der Waals surface area contributed by atoms with E-state index in [4.69, 9.17) is 5.21 Å². The van der Waals surface area contributed by atoms with Crippen LogP contribution in [0.5, 0.6) is 0 Å². The van der Waals surface area contributed by atoms with Crippen LogP contribution in [0, 0.1) is 5.92 Å². The van der Waals surface area contributed by atoms with E-state index in [0.29, 0.717) is 12.8 Å². The molecule has 0 saturated carbocycles. The molecule has 0 aliphatic heterocycles. The van der Waals surface area contributed by atoms with Gasteiger partial charge in [-0.15, -0.1) is 0 Å². The molecular weight excluding hydrogens is 162 g/mol. The molecule has 12 heavy (non-hydrogen) atoms. The van der Waals surface area contributed by atoms with Crippen molar-refractivity contribution in [2.75, 3.05) is 7.11 Å². The van der Waals surface area contributed by atoms with E-state index >= 15 is 0 Å². The molecule has 0 heterocycles. The Balaban J connectivity index is 4.21. The highest BCUT2D eigenvalue weighted by molar-refractivity contribution is 5.97.